The molecule has 1 saturated carbocycles. The van der Waals surface area contributed by atoms with Crippen LogP contribution in [0.3, 0.4) is 0 Å². The van der Waals surface area contributed by atoms with Gasteiger partial charge in [0.15, 0.2) is 11.2 Å². The van der Waals surface area contributed by atoms with Gasteiger partial charge in [-0.2, -0.15) is 0 Å². The maximum absolute atomic E-state index is 13.8. The van der Waals surface area contributed by atoms with Crippen LogP contribution in [0, 0.1) is 6.92 Å². The molecule has 5 nitrogen and oxygen atoms in total. The Hall–Kier alpha value is -2.67. The van der Waals surface area contributed by atoms with Gasteiger partial charge < -0.3 is 4.98 Å². The molecule has 3 aromatic rings. The number of alkyl halides is 2. The molecular weight excluding hydrogens is 412 g/mol. The van der Waals surface area contributed by atoms with Crippen LogP contribution in [0.2, 0.25) is 5.02 Å². The summed E-state index contributed by atoms with van der Waals surface area (Å²) < 4.78 is 27.7. The van der Waals surface area contributed by atoms with Crippen molar-refractivity contribution in [1.29, 1.82) is 0 Å². The lowest BCUT2D eigenvalue weighted by atomic mass is 9.84. The number of H-pyrrole nitrogens is 1. The largest absolute Gasteiger partial charge is 0.354 e. The number of fused-ring (bicyclic) bond motifs is 1. The number of aryl methyl sites for hydroxylation is 1. The molecule has 0 unspecified atom stereocenters. The van der Waals surface area contributed by atoms with E-state index in [1.54, 1.807) is 26.0 Å². The van der Waals surface area contributed by atoms with Gasteiger partial charge in [-0.3, -0.25) is 19.6 Å². The normalized spacial score (nSPS) is 20.6. The van der Waals surface area contributed by atoms with Crippen molar-refractivity contribution in [3.63, 3.8) is 0 Å². The predicted octanol–water partition coefficient (Wildman–Crippen LogP) is 5.23. The summed E-state index contributed by atoms with van der Waals surface area (Å²) >= 11 is 6.48. The molecule has 0 aliphatic heterocycles. The van der Waals surface area contributed by atoms with E-state index in [-0.39, 0.29) is 40.2 Å². The third-order valence-electron chi connectivity index (χ3n) is 5.80. The lowest BCUT2D eigenvalue weighted by molar-refractivity contribution is 0.00334. The number of aromatic nitrogens is 3. The Morgan fingerprint density at radius 3 is 2.63 bits per heavy atom. The highest BCUT2D eigenvalue weighted by molar-refractivity contribution is 6.31. The Balaban J connectivity index is 1.84. The molecule has 0 bridgehead atoms. The number of hydrogen-bond donors (Lipinski definition) is 1. The van der Waals surface area contributed by atoms with Crippen molar-refractivity contribution in [1.82, 2.24) is 15.0 Å². The van der Waals surface area contributed by atoms with Crippen LogP contribution >= 0.6 is 11.6 Å². The first-order valence-electron chi connectivity index (χ1n) is 9.60. The first-order valence-corrected chi connectivity index (χ1v) is 9.97. The minimum absolute atomic E-state index is 0.110. The van der Waals surface area contributed by atoms with Crippen LogP contribution < -0.4 is 5.43 Å². The van der Waals surface area contributed by atoms with E-state index in [9.17, 15) is 18.4 Å². The topological polar surface area (TPSA) is 75.7 Å². The van der Waals surface area contributed by atoms with E-state index in [1.807, 2.05) is 0 Å². The number of nitrogens with one attached hydrogen (secondary N) is 1. The van der Waals surface area contributed by atoms with Crippen LogP contribution in [-0.2, 0) is 5.41 Å². The van der Waals surface area contributed by atoms with Gasteiger partial charge in [-0.1, -0.05) is 18.5 Å². The second kappa shape index (κ2) is 6.94. The van der Waals surface area contributed by atoms with E-state index in [0.29, 0.717) is 34.6 Å². The lowest BCUT2D eigenvalue weighted by Crippen LogP contribution is -2.23. The van der Waals surface area contributed by atoms with Gasteiger partial charge in [0.2, 0.25) is 5.92 Å². The van der Waals surface area contributed by atoms with Crippen LogP contribution in [0.5, 0.6) is 0 Å². The van der Waals surface area contributed by atoms with Crippen molar-refractivity contribution in [2.75, 3.05) is 0 Å². The molecular formula is C22H20ClF2N3O2. The molecule has 156 valence electrons. The molecule has 1 atom stereocenters. The summed E-state index contributed by atoms with van der Waals surface area (Å²) in [5.41, 5.74) is 1.53. The molecule has 0 radical (unpaired) electrons. The number of rotatable bonds is 3. The predicted molar refractivity (Wildman–Crippen MR) is 111 cm³/mol. The molecule has 4 rings (SSSR count). The number of aromatic amines is 1. The van der Waals surface area contributed by atoms with E-state index < -0.39 is 11.3 Å². The molecule has 3 heterocycles. The van der Waals surface area contributed by atoms with Crippen molar-refractivity contribution in [2.24, 2.45) is 0 Å². The van der Waals surface area contributed by atoms with Gasteiger partial charge in [-0.05, 0) is 25.5 Å². The van der Waals surface area contributed by atoms with Gasteiger partial charge in [0, 0.05) is 48.7 Å². The van der Waals surface area contributed by atoms with Gasteiger partial charge in [0.1, 0.15) is 5.69 Å². The maximum atomic E-state index is 13.8. The molecule has 8 heteroatoms. The van der Waals surface area contributed by atoms with Crippen molar-refractivity contribution in [2.45, 2.75) is 51.4 Å². The number of nitrogens with zero attached hydrogens (tertiary/aromatic N) is 2. The molecule has 1 N–H and O–H groups in total. The summed E-state index contributed by atoms with van der Waals surface area (Å²) in [6.45, 7) is 4.87. The van der Waals surface area contributed by atoms with Crippen LogP contribution in [0.15, 0.2) is 29.2 Å². The number of halogens is 3. The summed E-state index contributed by atoms with van der Waals surface area (Å²) in [5.74, 6) is -3.02. The van der Waals surface area contributed by atoms with E-state index in [0.717, 1.165) is 0 Å². The van der Waals surface area contributed by atoms with Gasteiger partial charge in [0.05, 0.1) is 27.3 Å². The van der Waals surface area contributed by atoms with Crippen molar-refractivity contribution < 1.29 is 13.6 Å². The van der Waals surface area contributed by atoms with Gasteiger partial charge >= 0.3 is 0 Å². The molecule has 1 aliphatic rings. The molecule has 30 heavy (non-hydrogen) atoms. The fourth-order valence-electron chi connectivity index (χ4n) is 4.30. The van der Waals surface area contributed by atoms with Gasteiger partial charge in [-0.25, -0.2) is 8.78 Å². The minimum atomic E-state index is -2.72. The number of carbonyl (C=O) groups excluding carboxylic acids is 1. The average Bonchev–Trinajstić information content (AvgIpc) is 2.96. The highest BCUT2D eigenvalue weighted by atomic mass is 35.5. The molecule has 3 aromatic heterocycles. The Morgan fingerprint density at radius 2 is 2.00 bits per heavy atom. The maximum Gasteiger partial charge on any atom is 0.249 e. The van der Waals surface area contributed by atoms with Crippen molar-refractivity contribution in [3.05, 3.63) is 56.7 Å². The number of ketones is 1. The third-order valence-corrected chi connectivity index (χ3v) is 6.08. The van der Waals surface area contributed by atoms with Crippen LogP contribution in [0.1, 0.15) is 55.0 Å². The van der Waals surface area contributed by atoms with E-state index in [2.05, 4.69) is 15.0 Å². The first-order chi connectivity index (χ1) is 14.0. The first kappa shape index (κ1) is 20.6. The molecule has 0 aromatic carbocycles. The lowest BCUT2D eigenvalue weighted by Gasteiger charge is -2.25. The summed E-state index contributed by atoms with van der Waals surface area (Å²) in [4.78, 5) is 36.3. The Bertz CT molecular complexity index is 1260. The number of carbonyl (C=O) groups is 1. The highest BCUT2D eigenvalue weighted by Crippen LogP contribution is 2.50. The highest BCUT2D eigenvalue weighted by Gasteiger charge is 2.49. The van der Waals surface area contributed by atoms with Crippen LogP contribution in [0.25, 0.3) is 22.2 Å². The van der Waals surface area contributed by atoms with E-state index in [4.69, 9.17) is 11.6 Å². The standard InChI is InChI=1S/C22H20ClF2N3O2/c1-11-13(8-14(23)20(27-11)21(3)5-6-22(24,25)10-21)16-9-17(30)18-15(28-16)4-7-26-19(18)12(2)29/h4,7-9H,5-6,10H2,1-3H3,(H,28,30)/t21-/m1/s1. The van der Waals surface area contributed by atoms with Gasteiger partial charge in [0.25, 0.3) is 0 Å². The molecule has 0 amide bonds. The Kier molecular flexibility index (Phi) is 4.77. The van der Waals surface area contributed by atoms with Gasteiger partial charge in [-0.15, -0.1) is 0 Å². The molecule has 1 fully saturated rings. The fourth-order valence-corrected chi connectivity index (χ4v) is 4.68. The Labute approximate surface area is 176 Å². The monoisotopic (exact) mass is 431 g/mol. The summed E-state index contributed by atoms with van der Waals surface area (Å²) in [6.07, 6.45) is 1.28. The fraction of sp³-hybridized carbons (Fsp3) is 0.364. The van der Waals surface area contributed by atoms with Crippen molar-refractivity contribution >= 4 is 28.3 Å². The van der Waals surface area contributed by atoms with Crippen molar-refractivity contribution in [3.8, 4) is 11.3 Å². The SMILES string of the molecule is CC(=O)c1nccc2[nH]c(-c3cc(Cl)c([C@]4(C)CCC(F)(F)C4)nc3C)cc(=O)c12. The summed E-state index contributed by atoms with van der Waals surface area (Å²) in [5, 5.41) is 0.513. The molecule has 0 spiro atoms. The number of hydrogen-bond acceptors (Lipinski definition) is 4. The zero-order valence-electron chi connectivity index (χ0n) is 16.8. The van der Waals surface area contributed by atoms with Crippen LogP contribution in [0.4, 0.5) is 8.78 Å². The third kappa shape index (κ3) is 3.41. The minimum Gasteiger partial charge on any atom is -0.354 e. The van der Waals surface area contributed by atoms with E-state index in [1.165, 1.54) is 19.2 Å². The second-order valence-electron chi connectivity index (χ2n) is 8.23. The second-order valence-corrected chi connectivity index (χ2v) is 8.64. The average molecular weight is 432 g/mol. The Morgan fingerprint density at radius 1 is 1.27 bits per heavy atom. The number of pyridine rings is 3. The smallest absolute Gasteiger partial charge is 0.249 e. The summed E-state index contributed by atoms with van der Waals surface area (Å²) in [6, 6.07) is 4.65. The zero-order valence-corrected chi connectivity index (χ0v) is 17.5. The quantitative estimate of drug-likeness (QED) is 0.576. The van der Waals surface area contributed by atoms with E-state index >= 15 is 0 Å². The molecule has 1 aliphatic carbocycles. The molecule has 0 saturated heterocycles. The zero-order chi connectivity index (χ0) is 21.8. The number of Topliss-reactive ketones (excluding diaryl/α,β-unsaturated/α-hetero) is 1. The van der Waals surface area contributed by atoms with Crippen LogP contribution in [-0.4, -0.2) is 26.7 Å². The summed E-state index contributed by atoms with van der Waals surface area (Å²) in [7, 11) is 0.